The van der Waals surface area contributed by atoms with E-state index in [4.69, 9.17) is 11.5 Å². The lowest BCUT2D eigenvalue weighted by atomic mass is 10.3. The summed E-state index contributed by atoms with van der Waals surface area (Å²) in [6.45, 7) is 1.72. The van der Waals surface area contributed by atoms with Crippen molar-refractivity contribution in [2.24, 2.45) is 5.73 Å². The number of nitrogens with one attached hydrogen (secondary N) is 1. The van der Waals surface area contributed by atoms with Crippen LogP contribution in [0.15, 0.2) is 12.1 Å². The third-order valence-electron chi connectivity index (χ3n) is 2.25. The lowest BCUT2D eigenvalue weighted by Crippen LogP contribution is -2.18. The van der Waals surface area contributed by atoms with E-state index in [1.165, 1.54) is 6.07 Å². The zero-order valence-electron chi connectivity index (χ0n) is 10.2. The number of primary amides is 1. The SMILES string of the molecule is CN(C)CCCNc1nc(C(N)=O)ccc1N. The molecule has 6 nitrogen and oxygen atoms in total. The molecule has 1 aromatic heterocycles. The van der Waals surface area contributed by atoms with Gasteiger partial charge in [-0.2, -0.15) is 0 Å². The van der Waals surface area contributed by atoms with Gasteiger partial charge in [-0.05, 0) is 39.2 Å². The van der Waals surface area contributed by atoms with Gasteiger partial charge in [0.05, 0.1) is 5.69 Å². The first-order valence-electron chi connectivity index (χ1n) is 5.45. The van der Waals surface area contributed by atoms with Crippen LogP contribution in [-0.4, -0.2) is 43.0 Å². The number of pyridine rings is 1. The predicted octanol–water partition coefficient (Wildman–Crippen LogP) is 0.126. The lowest BCUT2D eigenvalue weighted by Gasteiger charge is -2.11. The molecule has 1 heterocycles. The minimum absolute atomic E-state index is 0.217. The van der Waals surface area contributed by atoms with E-state index in [2.05, 4.69) is 15.2 Å². The van der Waals surface area contributed by atoms with E-state index < -0.39 is 5.91 Å². The lowest BCUT2D eigenvalue weighted by molar-refractivity contribution is 0.0996. The summed E-state index contributed by atoms with van der Waals surface area (Å²) < 4.78 is 0. The van der Waals surface area contributed by atoms with Gasteiger partial charge in [0.2, 0.25) is 0 Å². The molecule has 0 aliphatic heterocycles. The number of aromatic nitrogens is 1. The molecule has 1 aromatic rings. The van der Waals surface area contributed by atoms with Crippen LogP contribution in [0.25, 0.3) is 0 Å². The zero-order chi connectivity index (χ0) is 12.8. The van der Waals surface area contributed by atoms with Crippen LogP contribution in [0.3, 0.4) is 0 Å². The minimum Gasteiger partial charge on any atom is -0.396 e. The molecule has 94 valence electrons. The second kappa shape index (κ2) is 6.05. The van der Waals surface area contributed by atoms with Crippen molar-refractivity contribution in [2.45, 2.75) is 6.42 Å². The Morgan fingerprint density at radius 3 is 2.76 bits per heavy atom. The number of amides is 1. The Morgan fingerprint density at radius 1 is 1.47 bits per heavy atom. The van der Waals surface area contributed by atoms with Crippen LogP contribution < -0.4 is 16.8 Å². The van der Waals surface area contributed by atoms with Gasteiger partial charge in [-0.1, -0.05) is 0 Å². The summed E-state index contributed by atoms with van der Waals surface area (Å²) in [6.07, 6.45) is 0.967. The van der Waals surface area contributed by atoms with Gasteiger partial charge in [0, 0.05) is 6.54 Å². The van der Waals surface area contributed by atoms with E-state index in [0.29, 0.717) is 11.5 Å². The fraction of sp³-hybridized carbons (Fsp3) is 0.455. The Kier molecular flexibility index (Phi) is 4.71. The average Bonchev–Trinajstić information content (AvgIpc) is 2.25. The molecule has 17 heavy (non-hydrogen) atoms. The number of carbonyl (C=O) groups is 1. The highest BCUT2D eigenvalue weighted by atomic mass is 16.1. The van der Waals surface area contributed by atoms with Crippen LogP contribution >= 0.6 is 0 Å². The van der Waals surface area contributed by atoms with Crippen LogP contribution in [0.5, 0.6) is 0 Å². The Morgan fingerprint density at radius 2 is 2.18 bits per heavy atom. The summed E-state index contributed by atoms with van der Waals surface area (Å²) in [7, 11) is 4.03. The van der Waals surface area contributed by atoms with Gasteiger partial charge >= 0.3 is 0 Å². The van der Waals surface area contributed by atoms with E-state index in [1.807, 2.05) is 14.1 Å². The van der Waals surface area contributed by atoms with Gasteiger partial charge in [-0.15, -0.1) is 0 Å². The van der Waals surface area contributed by atoms with Gasteiger partial charge < -0.3 is 21.7 Å². The Labute approximate surface area is 101 Å². The monoisotopic (exact) mass is 237 g/mol. The molecular weight excluding hydrogens is 218 g/mol. The fourth-order valence-corrected chi connectivity index (χ4v) is 1.35. The molecule has 0 saturated carbocycles. The van der Waals surface area contributed by atoms with Crippen molar-refractivity contribution in [3.63, 3.8) is 0 Å². The molecule has 0 aromatic carbocycles. The molecule has 0 aliphatic rings. The normalized spacial score (nSPS) is 10.5. The van der Waals surface area contributed by atoms with Gasteiger partial charge in [-0.25, -0.2) is 4.98 Å². The zero-order valence-corrected chi connectivity index (χ0v) is 10.2. The first-order chi connectivity index (χ1) is 8.00. The maximum atomic E-state index is 11.0. The number of nitrogens with two attached hydrogens (primary N) is 2. The van der Waals surface area contributed by atoms with E-state index in [1.54, 1.807) is 6.07 Å². The molecule has 1 amide bonds. The van der Waals surface area contributed by atoms with Crippen LogP contribution in [0.1, 0.15) is 16.9 Å². The number of carbonyl (C=O) groups excluding carboxylic acids is 1. The molecular formula is C11H19N5O. The predicted molar refractivity (Wildman–Crippen MR) is 68.8 cm³/mol. The molecule has 0 atom stereocenters. The van der Waals surface area contributed by atoms with Crippen LogP contribution in [-0.2, 0) is 0 Å². The molecule has 0 unspecified atom stereocenters. The Balaban J connectivity index is 2.57. The Hall–Kier alpha value is -1.82. The minimum atomic E-state index is -0.554. The second-order valence-electron chi connectivity index (χ2n) is 4.08. The number of hydrogen-bond acceptors (Lipinski definition) is 5. The summed E-state index contributed by atoms with van der Waals surface area (Å²) >= 11 is 0. The molecule has 0 spiro atoms. The highest BCUT2D eigenvalue weighted by molar-refractivity contribution is 5.91. The first-order valence-corrected chi connectivity index (χ1v) is 5.45. The van der Waals surface area contributed by atoms with Crippen molar-refractivity contribution in [1.82, 2.24) is 9.88 Å². The molecule has 0 radical (unpaired) electrons. The summed E-state index contributed by atoms with van der Waals surface area (Å²) in [5.74, 6) is -0.0404. The quantitative estimate of drug-likeness (QED) is 0.611. The number of nitrogens with zero attached hydrogens (tertiary/aromatic N) is 2. The Bertz CT molecular complexity index is 391. The molecule has 0 saturated heterocycles. The highest BCUT2D eigenvalue weighted by Crippen LogP contribution is 2.15. The summed E-state index contributed by atoms with van der Waals surface area (Å²) in [6, 6.07) is 3.14. The van der Waals surface area contributed by atoms with Crippen molar-refractivity contribution in [2.75, 3.05) is 38.2 Å². The van der Waals surface area contributed by atoms with Crippen molar-refractivity contribution in [3.8, 4) is 0 Å². The van der Waals surface area contributed by atoms with Crippen molar-refractivity contribution < 1.29 is 4.79 Å². The van der Waals surface area contributed by atoms with Crippen molar-refractivity contribution in [3.05, 3.63) is 17.8 Å². The van der Waals surface area contributed by atoms with Gasteiger partial charge in [-0.3, -0.25) is 4.79 Å². The van der Waals surface area contributed by atoms with Crippen molar-refractivity contribution >= 4 is 17.4 Å². The molecule has 0 aliphatic carbocycles. The standard InChI is InChI=1S/C11H19N5O/c1-16(2)7-3-6-14-11-8(12)4-5-9(15-11)10(13)17/h4-5H,3,6-7,12H2,1-2H3,(H2,13,17)(H,14,15). The average molecular weight is 237 g/mol. The molecule has 0 bridgehead atoms. The van der Waals surface area contributed by atoms with E-state index in [0.717, 1.165) is 19.5 Å². The summed E-state index contributed by atoms with van der Waals surface area (Å²) in [4.78, 5) is 17.1. The van der Waals surface area contributed by atoms with Crippen LogP contribution in [0, 0.1) is 0 Å². The smallest absolute Gasteiger partial charge is 0.267 e. The maximum absolute atomic E-state index is 11.0. The topological polar surface area (TPSA) is 97.3 Å². The third-order valence-corrected chi connectivity index (χ3v) is 2.25. The number of nitrogen functional groups attached to an aromatic ring is 1. The maximum Gasteiger partial charge on any atom is 0.267 e. The molecule has 0 fully saturated rings. The molecule has 1 rings (SSSR count). The largest absolute Gasteiger partial charge is 0.396 e. The summed E-state index contributed by atoms with van der Waals surface area (Å²) in [5.41, 5.74) is 11.6. The first kappa shape index (κ1) is 13.2. The van der Waals surface area contributed by atoms with Gasteiger partial charge in [0.1, 0.15) is 11.5 Å². The molecule has 5 N–H and O–H groups in total. The number of hydrogen-bond donors (Lipinski definition) is 3. The van der Waals surface area contributed by atoms with Gasteiger partial charge in [0.25, 0.3) is 5.91 Å². The van der Waals surface area contributed by atoms with Crippen LogP contribution in [0.4, 0.5) is 11.5 Å². The van der Waals surface area contributed by atoms with E-state index >= 15 is 0 Å². The van der Waals surface area contributed by atoms with Gasteiger partial charge in [0.15, 0.2) is 0 Å². The fourth-order valence-electron chi connectivity index (χ4n) is 1.35. The third kappa shape index (κ3) is 4.28. The number of rotatable bonds is 6. The van der Waals surface area contributed by atoms with Crippen LogP contribution in [0.2, 0.25) is 0 Å². The highest BCUT2D eigenvalue weighted by Gasteiger charge is 2.06. The summed E-state index contributed by atoms with van der Waals surface area (Å²) in [5, 5.41) is 3.09. The second-order valence-corrected chi connectivity index (χ2v) is 4.08. The van der Waals surface area contributed by atoms with E-state index in [-0.39, 0.29) is 5.69 Å². The molecule has 6 heteroatoms. The number of anilines is 2. The van der Waals surface area contributed by atoms with Crippen molar-refractivity contribution in [1.29, 1.82) is 0 Å². The van der Waals surface area contributed by atoms with E-state index in [9.17, 15) is 4.79 Å².